The fourth-order valence-corrected chi connectivity index (χ4v) is 2.16. The molecule has 20 heavy (non-hydrogen) atoms. The molecule has 0 saturated heterocycles. The Morgan fingerprint density at radius 2 is 2.30 bits per heavy atom. The minimum atomic E-state index is -4.60. The summed E-state index contributed by atoms with van der Waals surface area (Å²) in [6.45, 7) is -0.660. The van der Waals surface area contributed by atoms with E-state index in [2.05, 4.69) is 9.51 Å². The minimum Gasteiger partial charge on any atom is -0.395 e. The van der Waals surface area contributed by atoms with E-state index in [1.165, 1.54) is 23.0 Å². The van der Waals surface area contributed by atoms with Crippen LogP contribution >= 0.6 is 7.82 Å². The molecule has 0 aliphatic heterocycles. The minimum absolute atomic E-state index is 0.0960. The Kier molecular flexibility index (Phi) is 3.81. The van der Waals surface area contributed by atoms with Gasteiger partial charge in [0.1, 0.15) is 5.82 Å². The Morgan fingerprint density at radius 1 is 1.60 bits per heavy atom. The van der Waals surface area contributed by atoms with Crippen LogP contribution in [-0.4, -0.2) is 37.7 Å². The predicted octanol–water partition coefficient (Wildman–Crippen LogP) is -0.842. The molecule has 0 unspecified atom stereocenters. The van der Waals surface area contributed by atoms with Crippen molar-refractivity contribution in [2.75, 3.05) is 18.9 Å². The first-order chi connectivity index (χ1) is 9.26. The number of hydrogen-bond donors (Lipinski definition) is 4. The van der Waals surface area contributed by atoms with Crippen molar-refractivity contribution in [2.24, 2.45) is 5.41 Å². The zero-order valence-electron chi connectivity index (χ0n) is 10.3. The highest BCUT2D eigenvalue weighted by atomic mass is 31.2. The average molecular weight is 303 g/mol. The van der Waals surface area contributed by atoms with Gasteiger partial charge in [-0.3, -0.25) is 9.09 Å². The molecule has 1 aromatic heterocycles. The van der Waals surface area contributed by atoms with Gasteiger partial charge in [0.25, 0.3) is 0 Å². The lowest BCUT2D eigenvalue weighted by atomic mass is 10.1. The Morgan fingerprint density at radius 3 is 2.85 bits per heavy atom. The van der Waals surface area contributed by atoms with Gasteiger partial charge in [-0.1, -0.05) is 0 Å². The summed E-state index contributed by atoms with van der Waals surface area (Å²) in [4.78, 5) is 32.4. The zero-order chi connectivity index (χ0) is 15.0. The summed E-state index contributed by atoms with van der Waals surface area (Å²) in [6.07, 6.45) is 3.25. The number of rotatable bonds is 5. The maximum atomic E-state index is 11.5. The van der Waals surface area contributed by atoms with Crippen LogP contribution in [0.4, 0.5) is 5.82 Å². The standard InChI is InChI=1S/C10H14N3O6P/c11-8-1-2-13(9(15)12-8)4-7-3-10(7,5-14)6-19-20(16,17)18/h1-2,4,14H,3,5-6H2,(H2,11,12,15)(H2,16,17,18)/b7-4-/t10-/m0/s1. The largest absolute Gasteiger partial charge is 0.469 e. The molecule has 5 N–H and O–H groups in total. The molecule has 0 radical (unpaired) electrons. The van der Waals surface area contributed by atoms with E-state index in [1.54, 1.807) is 0 Å². The van der Waals surface area contributed by atoms with Crippen LogP contribution in [0.1, 0.15) is 6.42 Å². The Balaban J connectivity index is 2.17. The molecule has 0 aromatic carbocycles. The van der Waals surface area contributed by atoms with Gasteiger partial charge in [-0.15, -0.1) is 0 Å². The van der Waals surface area contributed by atoms with Crippen LogP contribution in [0, 0.1) is 5.41 Å². The lowest BCUT2D eigenvalue weighted by Gasteiger charge is -2.12. The van der Waals surface area contributed by atoms with E-state index in [9.17, 15) is 14.5 Å². The van der Waals surface area contributed by atoms with Gasteiger partial charge in [0, 0.05) is 17.8 Å². The molecule has 2 rings (SSSR count). The van der Waals surface area contributed by atoms with Crippen LogP contribution in [0.3, 0.4) is 0 Å². The number of phosphoric acid groups is 1. The molecule has 1 atom stereocenters. The predicted molar refractivity (Wildman–Crippen MR) is 69.3 cm³/mol. The molecule has 1 saturated carbocycles. The van der Waals surface area contributed by atoms with Crippen LogP contribution < -0.4 is 11.4 Å². The quantitative estimate of drug-likeness (QED) is 0.514. The highest BCUT2D eigenvalue weighted by molar-refractivity contribution is 7.46. The molecule has 10 heteroatoms. The number of hydrogen-bond acceptors (Lipinski definition) is 6. The number of phosphoric ester groups is 1. The second-order valence-electron chi connectivity index (χ2n) is 4.58. The normalized spacial score (nSPS) is 24.1. The number of anilines is 1. The van der Waals surface area contributed by atoms with Crippen LogP contribution in [0.5, 0.6) is 0 Å². The highest BCUT2D eigenvalue weighted by Crippen LogP contribution is 2.54. The SMILES string of the molecule is Nc1ccn(/C=C2/C[C@]2(CO)COP(=O)(O)O)c(=O)n1. The fourth-order valence-electron chi connectivity index (χ4n) is 1.75. The fraction of sp³-hybridized carbons (Fsp3) is 0.400. The van der Waals surface area contributed by atoms with E-state index < -0.39 is 18.9 Å². The smallest absolute Gasteiger partial charge is 0.395 e. The summed E-state index contributed by atoms with van der Waals surface area (Å²) >= 11 is 0. The van der Waals surface area contributed by atoms with Gasteiger partial charge in [0.15, 0.2) is 0 Å². The zero-order valence-corrected chi connectivity index (χ0v) is 11.2. The molecule has 110 valence electrons. The maximum Gasteiger partial charge on any atom is 0.469 e. The van der Waals surface area contributed by atoms with Gasteiger partial charge >= 0.3 is 13.5 Å². The number of nitrogens with two attached hydrogens (primary N) is 1. The van der Waals surface area contributed by atoms with Gasteiger partial charge in [0.2, 0.25) is 0 Å². The van der Waals surface area contributed by atoms with Gasteiger partial charge in [-0.25, -0.2) is 9.36 Å². The van der Waals surface area contributed by atoms with Crippen molar-refractivity contribution in [3.8, 4) is 0 Å². The Labute approximate surface area is 113 Å². The molecule has 1 heterocycles. The maximum absolute atomic E-state index is 11.5. The third-order valence-corrected chi connectivity index (χ3v) is 3.51. The molecular formula is C10H14N3O6P. The number of nitrogens with zero attached hydrogens (tertiary/aromatic N) is 2. The van der Waals surface area contributed by atoms with Crippen molar-refractivity contribution >= 4 is 19.8 Å². The molecule has 9 nitrogen and oxygen atoms in total. The van der Waals surface area contributed by atoms with E-state index >= 15 is 0 Å². The molecule has 1 aliphatic carbocycles. The van der Waals surface area contributed by atoms with Gasteiger partial charge < -0.3 is 20.6 Å². The van der Waals surface area contributed by atoms with Gasteiger partial charge in [-0.05, 0) is 18.1 Å². The Hall–Kier alpha value is -1.51. The van der Waals surface area contributed by atoms with Crippen LogP contribution in [0.2, 0.25) is 0 Å². The van der Waals surface area contributed by atoms with E-state index in [-0.39, 0.29) is 19.0 Å². The third-order valence-electron chi connectivity index (χ3n) is 3.04. The summed E-state index contributed by atoms with van der Waals surface area (Å²) in [5, 5.41) is 9.32. The number of aromatic nitrogens is 2. The molecule has 0 amide bonds. The molecule has 0 bridgehead atoms. The molecular weight excluding hydrogens is 289 g/mol. The van der Waals surface area contributed by atoms with Crippen molar-refractivity contribution in [2.45, 2.75) is 6.42 Å². The van der Waals surface area contributed by atoms with E-state index in [1.807, 2.05) is 0 Å². The van der Waals surface area contributed by atoms with Crippen molar-refractivity contribution < 1.29 is 24.0 Å². The van der Waals surface area contributed by atoms with E-state index in [0.29, 0.717) is 12.0 Å². The molecule has 0 spiro atoms. The second-order valence-corrected chi connectivity index (χ2v) is 5.82. The molecule has 1 fully saturated rings. The lowest BCUT2D eigenvalue weighted by Crippen LogP contribution is -2.20. The van der Waals surface area contributed by atoms with Crippen molar-refractivity contribution in [1.29, 1.82) is 0 Å². The number of aliphatic hydroxyl groups is 1. The van der Waals surface area contributed by atoms with E-state index in [4.69, 9.17) is 15.5 Å². The van der Waals surface area contributed by atoms with E-state index in [0.717, 1.165) is 0 Å². The lowest BCUT2D eigenvalue weighted by molar-refractivity contribution is 0.124. The molecule has 1 aliphatic rings. The number of aliphatic hydroxyl groups excluding tert-OH is 1. The third kappa shape index (κ3) is 3.33. The first kappa shape index (κ1) is 14.9. The van der Waals surface area contributed by atoms with Crippen molar-refractivity contribution in [3.63, 3.8) is 0 Å². The highest BCUT2D eigenvalue weighted by Gasteiger charge is 2.50. The van der Waals surface area contributed by atoms with Gasteiger partial charge in [-0.2, -0.15) is 4.98 Å². The summed E-state index contributed by atoms with van der Waals surface area (Å²) < 4.78 is 16.3. The van der Waals surface area contributed by atoms with Crippen LogP contribution in [0.15, 0.2) is 22.6 Å². The number of nitrogen functional groups attached to an aromatic ring is 1. The van der Waals surface area contributed by atoms with Crippen LogP contribution in [-0.2, 0) is 9.09 Å². The second kappa shape index (κ2) is 5.12. The summed E-state index contributed by atoms with van der Waals surface area (Å²) in [6, 6.07) is 1.44. The topological polar surface area (TPSA) is 148 Å². The average Bonchev–Trinajstić information content (AvgIpc) is 3.04. The van der Waals surface area contributed by atoms with Crippen molar-refractivity contribution in [1.82, 2.24) is 9.55 Å². The first-order valence-corrected chi connectivity index (χ1v) is 7.16. The Bertz CT molecular complexity index is 651. The summed E-state index contributed by atoms with van der Waals surface area (Å²) in [7, 11) is -4.60. The summed E-state index contributed by atoms with van der Waals surface area (Å²) in [5.41, 5.74) is 4.56. The monoisotopic (exact) mass is 303 g/mol. The summed E-state index contributed by atoms with van der Waals surface area (Å²) in [5.74, 6) is 0.0960. The van der Waals surface area contributed by atoms with Crippen molar-refractivity contribution in [3.05, 3.63) is 28.3 Å². The molecule has 1 aromatic rings. The first-order valence-electron chi connectivity index (χ1n) is 5.62. The van der Waals surface area contributed by atoms with Gasteiger partial charge in [0.05, 0.1) is 13.2 Å². The van der Waals surface area contributed by atoms with Crippen LogP contribution in [0.25, 0.3) is 6.20 Å².